The lowest BCUT2D eigenvalue weighted by atomic mass is 9.81. The molecule has 1 heterocycles. The number of ketones is 1. The fraction of sp³-hybridized carbons (Fsp3) is 0.889. The molecule has 0 aromatic rings. The van der Waals surface area contributed by atoms with Crippen LogP contribution >= 0.6 is 0 Å². The van der Waals surface area contributed by atoms with Crippen LogP contribution in [-0.2, 0) is 4.79 Å². The summed E-state index contributed by atoms with van der Waals surface area (Å²) in [7, 11) is 2.16. The lowest BCUT2D eigenvalue weighted by Gasteiger charge is -2.22. The molecule has 1 saturated heterocycles. The molecule has 1 aliphatic heterocycles. The second-order valence-electron chi connectivity index (χ2n) is 4.02. The first-order valence-electron chi connectivity index (χ1n) is 4.46. The third-order valence-corrected chi connectivity index (χ3v) is 3.04. The molecule has 0 amide bonds. The van der Waals surface area contributed by atoms with Gasteiger partial charge in [-0.3, -0.25) is 4.79 Å². The molecule has 2 aliphatic rings. The van der Waals surface area contributed by atoms with Crippen molar-refractivity contribution in [2.24, 2.45) is 11.8 Å². The molecule has 2 nitrogen and oxygen atoms in total. The van der Waals surface area contributed by atoms with Gasteiger partial charge in [0.05, 0.1) is 0 Å². The van der Waals surface area contributed by atoms with Crippen molar-refractivity contribution < 1.29 is 4.79 Å². The number of carbonyl (C=O) groups is 1. The Bertz CT molecular complexity index is 178. The average molecular weight is 153 g/mol. The number of nitrogens with zero attached hydrogens (tertiary/aromatic N) is 1. The maximum atomic E-state index is 11.1. The molecular weight excluding hydrogens is 138 g/mol. The van der Waals surface area contributed by atoms with Crippen molar-refractivity contribution in [3.05, 3.63) is 0 Å². The second kappa shape index (κ2) is 2.59. The zero-order chi connectivity index (χ0) is 7.84. The Morgan fingerprint density at radius 2 is 2.09 bits per heavy atom. The number of hydrogen-bond acceptors (Lipinski definition) is 2. The minimum atomic E-state index is 0.488. The Labute approximate surface area is 67.6 Å². The number of likely N-dealkylation sites (tertiary alicyclic amines) is 1. The van der Waals surface area contributed by atoms with E-state index in [-0.39, 0.29) is 0 Å². The molecule has 2 fully saturated rings. The van der Waals surface area contributed by atoms with E-state index in [1.54, 1.807) is 0 Å². The van der Waals surface area contributed by atoms with Gasteiger partial charge in [-0.25, -0.2) is 0 Å². The predicted molar refractivity (Wildman–Crippen MR) is 43.3 cm³/mol. The highest BCUT2D eigenvalue weighted by Crippen LogP contribution is 2.33. The zero-order valence-electron chi connectivity index (χ0n) is 7.05. The topological polar surface area (TPSA) is 20.3 Å². The normalized spacial score (nSPS) is 39.2. The first-order chi connectivity index (χ1) is 5.25. The lowest BCUT2D eigenvalue weighted by molar-refractivity contribution is -0.122. The molecule has 62 valence electrons. The fourth-order valence-corrected chi connectivity index (χ4v) is 2.47. The molecule has 1 saturated carbocycles. The van der Waals surface area contributed by atoms with Gasteiger partial charge in [0.1, 0.15) is 5.78 Å². The van der Waals surface area contributed by atoms with Crippen LogP contribution in [-0.4, -0.2) is 30.8 Å². The van der Waals surface area contributed by atoms with Crippen molar-refractivity contribution in [2.75, 3.05) is 20.1 Å². The van der Waals surface area contributed by atoms with Gasteiger partial charge >= 0.3 is 0 Å². The van der Waals surface area contributed by atoms with E-state index in [0.29, 0.717) is 11.7 Å². The van der Waals surface area contributed by atoms with Crippen LogP contribution in [0.25, 0.3) is 0 Å². The van der Waals surface area contributed by atoms with Crippen LogP contribution in [0.3, 0.4) is 0 Å². The highest BCUT2D eigenvalue weighted by atomic mass is 16.1. The van der Waals surface area contributed by atoms with Gasteiger partial charge in [0.15, 0.2) is 0 Å². The van der Waals surface area contributed by atoms with Crippen molar-refractivity contribution >= 4 is 5.78 Å². The molecule has 0 bridgehead atoms. The fourth-order valence-electron chi connectivity index (χ4n) is 2.47. The van der Waals surface area contributed by atoms with Gasteiger partial charge in [-0.2, -0.15) is 0 Å². The number of fused-ring (bicyclic) bond motifs is 1. The summed E-state index contributed by atoms with van der Waals surface area (Å²) in [4.78, 5) is 13.4. The summed E-state index contributed by atoms with van der Waals surface area (Å²) in [6.45, 7) is 2.37. The van der Waals surface area contributed by atoms with Crippen LogP contribution in [0, 0.1) is 11.8 Å². The van der Waals surface area contributed by atoms with E-state index in [0.717, 1.165) is 31.7 Å². The van der Waals surface area contributed by atoms with Crippen molar-refractivity contribution in [1.82, 2.24) is 4.90 Å². The monoisotopic (exact) mass is 153 g/mol. The summed E-state index contributed by atoms with van der Waals surface area (Å²) in [5.74, 6) is 2.01. The maximum absolute atomic E-state index is 11.1. The van der Waals surface area contributed by atoms with Gasteiger partial charge in [0.2, 0.25) is 0 Å². The third kappa shape index (κ3) is 1.32. The summed E-state index contributed by atoms with van der Waals surface area (Å²) >= 11 is 0. The molecular formula is C9H15NO. The van der Waals surface area contributed by atoms with Crippen LogP contribution in [0.2, 0.25) is 0 Å². The average Bonchev–Trinajstić information content (AvgIpc) is 2.27. The summed E-state index contributed by atoms with van der Waals surface area (Å²) in [5, 5.41) is 0. The van der Waals surface area contributed by atoms with Gasteiger partial charge < -0.3 is 4.90 Å². The van der Waals surface area contributed by atoms with Crippen LogP contribution < -0.4 is 0 Å². The molecule has 0 spiro atoms. The summed E-state index contributed by atoms with van der Waals surface area (Å²) < 4.78 is 0. The molecule has 0 radical (unpaired) electrons. The summed E-state index contributed by atoms with van der Waals surface area (Å²) in [6.07, 6.45) is 2.85. The number of carbonyl (C=O) groups excluding carboxylic acids is 1. The van der Waals surface area contributed by atoms with Crippen LogP contribution in [0.4, 0.5) is 0 Å². The smallest absolute Gasteiger partial charge is 0.133 e. The van der Waals surface area contributed by atoms with Crippen LogP contribution in [0.5, 0.6) is 0 Å². The Morgan fingerprint density at radius 1 is 1.36 bits per heavy atom. The Kier molecular flexibility index (Phi) is 1.72. The standard InChI is InChI=1S/C9H15NO/c1-10-5-7-2-3-9(11)4-8(7)6-10/h7-8H,2-6H2,1H3. The molecule has 0 N–H and O–H groups in total. The first-order valence-corrected chi connectivity index (χ1v) is 4.46. The van der Waals surface area contributed by atoms with Crippen molar-refractivity contribution in [3.8, 4) is 0 Å². The van der Waals surface area contributed by atoms with E-state index in [1.165, 1.54) is 6.54 Å². The minimum absolute atomic E-state index is 0.488. The molecule has 1 aliphatic carbocycles. The summed E-state index contributed by atoms with van der Waals surface area (Å²) in [6, 6.07) is 0. The quantitative estimate of drug-likeness (QED) is 0.515. The lowest BCUT2D eigenvalue weighted by Crippen LogP contribution is -2.23. The number of Topliss-reactive ketones (excluding diaryl/α,β-unsaturated/α-hetero) is 1. The SMILES string of the molecule is CN1CC2CCC(=O)CC2C1. The molecule has 2 unspecified atom stereocenters. The highest BCUT2D eigenvalue weighted by Gasteiger charge is 2.35. The largest absolute Gasteiger partial charge is 0.306 e. The maximum Gasteiger partial charge on any atom is 0.133 e. The van der Waals surface area contributed by atoms with E-state index < -0.39 is 0 Å². The molecule has 0 aromatic heterocycles. The second-order valence-corrected chi connectivity index (χ2v) is 4.02. The third-order valence-electron chi connectivity index (χ3n) is 3.04. The zero-order valence-corrected chi connectivity index (χ0v) is 7.05. The van der Waals surface area contributed by atoms with E-state index >= 15 is 0 Å². The molecule has 2 heteroatoms. The Morgan fingerprint density at radius 3 is 2.91 bits per heavy atom. The Balaban J connectivity index is 2.02. The van der Waals surface area contributed by atoms with E-state index in [2.05, 4.69) is 11.9 Å². The van der Waals surface area contributed by atoms with Crippen LogP contribution in [0.15, 0.2) is 0 Å². The van der Waals surface area contributed by atoms with Crippen molar-refractivity contribution in [3.63, 3.8) is 0 Å². The van der Waals surface area contributed by atoms with Gasteiger partial charge in [0.25, 0.3) is 0 Å². The van der Waals surface area contributed by atoms with E-state index in [1.807, 2.05) is 0 Å². The first kappa shape index (κ1) is 7.29. The van der Waals surface area contributed by atoms with Gasteiger partial charge in [0, 0.05) is 25.9 Å². The number of hydrogen-bond donors (Lipinski definition) is 0. The van der Waals surface area contributed by atoms with E-state index in [4.69, 9.17) is 0 Å². The molecule has 2 rings (SSSR count). The van der Waals surface area contributed by atoms with Gasteiger partial charge in [-0.1, -0.05) is 0 Å². The van der Waals surface area contributed by atoms with Gasteiger partial charge in [-0.15, -0.1) is 0 Å². The van der Waals surface area contributed by atoms with Crippen molar-refractivity contribution in [1.29, 1.82) is 0 Å². The van der Waals surface area contributed by atoms with Crippen LogP contribution in [0.1, 0.15) is 19.3 Å². The Hall–Kier alpha value is -0.370. The van der Waals surface area contributed by atoms with Gasteiger partial charge in [-0.05, 0) is 25.3 Å². The predicted octanol–water partition coefficient (Wildman–Crippen LogP) is 0.917. The molecule has 2 atom stereocenters. The van der Waals surface area contributed by atoms with Crippen molar-refractivity contribution in [2.45, 2.75) is 19.3 Å². The molecule has 11 heavy (non-hydrogen) atoms. The molecule has 0 aromatic carbocycles. The highest BCUT2D eigenvalue weighted by molar-refractivity contribution is 5.79. The number of rotatable bonds is 0. The summed E-state index contributed by atoms with van der Waals surface area (Å²) in [5.41, 5.74) is 0. The van der Waals surface area contributed by atoms with E-state index in [9.17, 15) is 4.79 Å². The minimum Gasteiger partial charge on any atom is -0.306 e.